The zero-order chi connectivity index (χ0) is 14.2. The number of rotatable bonds is 5. The van der Waals surface area contributed by atoms with Gasteiger partial charge in [-0.3, -0.25) is 4.79 Å². The number of carbonyl (C=O) groups excluding carboxylic acids is 1. The Morgan fingerprint density at radius 3 is 1.65 bits per heavy atom. The Labute approximate surface area is 124 Å². The molecule has 0 aromatic carbocycles. The molecule has 1 nitrogen and oxygen atoms in total. The van der Waals surface area contributed by atoms with E-state index in [1.165, 1.54) is 57.8 Å². The molecule has 2 aliphatic carbocycles. The minimum absolute atomic E-state index is 0.643. The summed E-state index contributed by atoms with van der Waals surface area (Å²) in [5.41, 5.74) is 0. The minimum Gasteiger partial charge on any atom is -0.299 e. The zero-order valence-corrected chi connectivity index (χ0v) is 13.0. The summed E-state index contributed by atoms with van der Waals surface area (Å²) in [6.07, 6.45) is 21.9. The van der Waals surface area contributed by atoms with Crippen LogP contribution in [0.1, 0.15) is 64.7 Å². The number of aldehydes is 1. The van der Waals surface area contributed by atoms with Crippen LogP contribution in [0.15, 0.2) is 24.3 Å². The highest BCUT2D eigenvalue weighted by molar-refractivity contribution is 5.64. The first-order chi connectivity index (χ1) is 9.81. The molecule has 0 bridgehead atoms. The lowest BCUT2D eigenvalue weighted by atomic mass is 9.78. The zero-order valence-electron chi connectivity index (χ0n) is 13.0. The SMILES string of the molecule is CC[C@H]1CC[C@H](/C=C/C2CCC(C=CC=O)CC2)CC1. The molecule has 0 saturated heterocycles. The van der Waals surface area contributed by atoms with Crippen LogP contribution in [-0.4, -0.2) is 6.29 Å². The Morgan fingerprint density at radius 2 is 1.20 bits per heavy atom. The summed E-state index contributed by atoms with van der Waals surface area (Å²) in [7, 11) is 0. The fraction of sp³-hybridized carbons (Fsp3) is 0.737. The number of hydrogen-bond acceptors (Lipinski definition) is 1. The molecule has 2 saturated carbocycles. The van der Waals surface area contributed by atoms with Crippen LogP contribution >= 0.6 is 0 Å². The van der Waals surface area contributed by atoms with Crippen molar-refractivity contribution in [3.8, 4) is 0 Å². The Kier molecular flexibility index (Phi) is 6.56. The molecule has 0 radical (unpaired) electrons. The molecule has 0 aromatic rings. The van der Waals surface area contributed by atoms with Crippen LogP contribution in [0.5, 0.6) is 0 Å². The molecule has 0 heterocycles. The highest BCUT2D eigenvalue weighted by Gasteiger charge is 2.20. The van der Waals surface area contributed by atoms with Crippen molar-refractivity contribution in [2.45, 2.75) is 64.7 Å². The first-order valence-electron chi connectivity index (χ1n) is 8.62. The molecule has 2 aliphatic rings. The molecule has 0 amide bonds. The maximum atomic E-state index is 10.3. The monoisotopic (exact) mass is 274 g/mol. The van der Waals surface area contributed by atoms with Crippen LogP contribution in [0.25, 0.3) is 0 Å². The molecule has 0 unspecified atom stereocenters. The van der Waals surface area contributed by atoms with E-state index in [9.17, 15) is 4.79 Å². The Morgan fingerprint density at radius 1 is 0.750 bits per heavy atom. The van der Waals surface area contributed by atoms with Gasteiger partial charge in [0, 0.05) is 0 Å². The average Bonchev–Trinajstić information content (AvgIpc) is 2.52. The van der Waals surface area contributed by atoms with Gasteiger partial charge in [0.15, 0.2) is 0 Å². The average molecular weight is 274 g/mol. The van der Waals surface area contributed by atoms with Crippen LogP contribution in [0, 0.1) is 23.7 Å². The van der Waals surface area contributed by atoms with Crippen molar-refractivity contribution in [3.05, 3.63) is 24.3 Å². The summed E-state index contributed by atoms with van der Waals surface area (Å²) >= 11 is 0. The molecular weight excluding hydrogens is 244 g/mol. The third-order valence-corrected chi connectivity index (χ3v) is 5.40. The number of hydrogen-bond donors (Lipinski definition) is 0. The van der Waals surface area contributed by atoms with Crippen LogP contribution in [0.2, 0.25) is 0 Å². The third-order valence-electron chi connectivity index (χ3n) is 5.40. The lowest BCUT2D eigenvalue weighted by Crippen LogP contribution is -2.14. The molecule has 2 rings (SSSR count). The number of allylic oxidation sites excluding steroid dienone is 4. The second-order valence-electron chi connectivity index (χ2n) is 6.77. The topological polar surface area (TPSA) is 17.1 Å². The van der Waals surface area contributed by atoms with E-state index in [1.807, 2.05) is 0 Å². The van der Waals surface area contributed by atoms with E-state index < -0.39 is 0 Å². The maximum absolute atomic E-state index is 10.3. The van der Waals surface area contributed by atoms with Gasteiger partial charge in [-0.05, 0) is 81.1 Å². The van der Waals surface area contributed by atoms with Crippen molar-refractivity contribution in [3.63, 3.8) is 0 Å². The van der Waals surface area contributed by atoms with Crippen LogP contribution in [0.3, 0.4) is 0 Å². The van der Waals surface area contributed by atoms with Crippen LogP contribution < -0.4 is 0 Å². The van der Waals surface area contributed by atoms with E-state index in [-0.39, 0.29) is 0 Å². The largest absolute Gasteiger partial charge is 0.299 e. The smallest absolute Gasteiger partial charge is 0.142 e. The minimum atomic E-state index is 0.643. The number of carbonyl (C=O) groups is 1. The molecule has 1 heteroatoms. The van der Waals surface area contributed by atoms with E-state index >= 15 is 0 Å². The van der Waals surface area contributed by atoms with Gasteiger partial charge in [-0.25, -0.2) is 0 Å². The maximum Gasteiger partial charge on any atom is 0.142 e. The summed E-state index contributed by atoms with van der Waals surface area (Å²) < 4.78 is 0. The van der Waals surface area contributed by atoms with Crippen LogP contribution in [-0.2, 0) is 4.79 Å². The Hall–Kier alpha value is -0.850. The summed E-state index contributed by atoms with van der Waals surface area (Å²) in [5.74, 6) is 3.29. The normalized spacial score (nSPS) is 35.6. The van der Waals surface area contributed by atoms with Gasteiger partial charge in [-0.15, -0.1) is 0 Å². The second kappa shape index (κ2) is 8.44. The van der Waals surface area contributed by atoms with Gasteiger partial charge < -0.3 is 0 Å². The molecule has 112 valence electrons. The lowest BCUT2D eigenvalue weighted by molar-refractivity contribution is -0.104. The molecular formula is C19H30O. The molecule has 0 aliphatic heterocycles. The van der Waals surface area contributed by atoms with Crippen molar-refractivity contribution in [1.82, 2.24) is 0 Å². The van der Waals surface area contributed by atoms with Crippen molar-refractivity contribution in [2.75, 3.05) is 0 Å². The molecule has 0 atom stereocenters. The van der Waals surface area contributed by atoms with Crippen molar-refractivity contribution in [2.24, 2.45) is 23.7 Å². The van der Waals surface area contributed by atoms with Crippen molar-refractivity contribution >= 4 is 6.29 Å². The van der Waals surface area contributed by atoms with E-state index in [0.29, 0.717) is 5.92 Å². The standard InChI is InChI=1S/C19H30O/c1-2-16-5-7-18(8-6-16)13-14-19-11-9-17(10-12-19)4-3-15-20/h3-4,13-19H,2,5-12H2,1H3/b4-3?,14-13+/t16-,17?,18-,19?. The predicted octanol–water partition coefficient (Wildman–Crippen LogP) is 5.32. The molecule has 0 N–H and O–H groups in total. The summed E-state index contributed by atoms with van der Waals surface area (Å²) in [6.45, 7) is 2.33. The van der Waals surface area contributed by atoms with Gasteiger partial charge in [-0.1, -0.05) is 31.6 Å². The van der Waals surface area contributed by atoms with Gasteiger partial charge in [0.1, 0.15) is 6.29 Å². The van der Waals surface area contributed by atoms with E-state index in [1.54, 1.807) is 6.08 Å². The van der Waals surface area contributed by atoms with E-state index in [2.05, 4.69) is 25.2 Å². The highest BCUT2D eigenvalue weighted by atomic mass is 16.1. The Bertz CT molecular complexity index is 326. The molecule has 20 heavy (non-hydrogen) atoms. The molecule has 0 spiro atoms. The van der Waals surface area contributed by atoms with Gasteiger partial charge in [0.25, 0.3) is 0 Å². The second-order valence-corrected chi connectivity index (χ2v) is 6.77. The Balaban J connectivity index is 1.68. The summed E-state index contributed by atoms with van der Waals surface area (Å²) in [4.78, 5) is 10.3. The highest BCUT2D eigenvalue weighted by Crippen LogP contribution is 2.34. The summed E-state index contributed by atoms with van der Waals surface area (Å²) in [5, 5.41) is 0. The quantitative estimate of drug-likeness (QED) is 0.377. The van der Waals surface area contributed by atoms with E-state index in [4.69, 9.17) is 0 Å². The molecule has 0 aromatic heterocycles. The fourth-order valence-electron chi connectivity index (χ4n) is 3.84. The summed E-state index contributed by atoms with van der Waals surface area (Å²) in [6, 6.07) is 0. The first kappa shape index (κ1) is 15.5. The van der Waals surface area contributed by atoms with Gasteiger partial charge in [-0.2, -0.15) is 0 Å². The van der Waals surface area contributed by atoms with Gasteiger partial charge in [0.05, 0.1) is 0 Å². The van der Waals surface area contributed by atoms with Gasteiger partial charge in [0.2, 0.25) is 0 Å². The fourth-order valence-corrected chi connectivity index (χ4v) is 3.84. The first-order valence-corrected chi connectivity index (χ1v) is 8.62. The van der Waals surface area contributed by atoms with E-state index in [0.717, 1.165) is 24.0 Å². The lowest BCUT2D eigenvalue weighted by Gasteiger charge is -2.27. The van der Waals surface area contributed by atoms with Crippen LogP contribution in [0.4, 0.5) is 0 Å². The predicted molar refractivity (Wildman–Crippen MR) is 85.5 cm³/mol. The molecule has 2 fully saturated rings. The van der Waals surface area contributed by atoms with Crippen molar-refractivity contribution < 1.29 is 4.79 Å². The van der Waals surface area contributed by atoms with Crippen molar-refractivity contribution in [1.29, 1.82) is 0 Å². The third kappa shape index (κ3) is 4.92. The van der Waals surface area contributed by atoms with Gasteiger partial charge >= 0.3 is 0 Å².